The highest BCUT2D eigenvalue weighted by molar-refractivity contribution is 6.82. The first-order chi connectivity index (χ1) is 4.91. The molecule has 0 aromatic carbocycles. The first-order valence-corrected chi connectivity index (χ1v) is 7.39. The Morgan fingerprint density at radius 3 is 1.80 bits per heavy atom. The van der Waals surface area contributed by atoms with E-state index in [1.54, 1.807) is 30.6 Å². The van der Waals surface area contributed by atoms with Gasteiger partial charge in [-0.1, -0.05) is 42.7 Å². The first kappa shape index (κ1) is 6.65. The largest absolute Gasteiger partial charge is 0.0888 e. The van der Waals surface area contributed by atoms with Crippen LogP contribution < -0.4 is 0 Å². The van der Waals surface area contributed by atoms with Crippen molar-refractivity contribution in [2.24, 2.45) is 0 Å². The summed E-state index contributed by atoms with van der Waals surface area (Å²) in [6.45, 7) is 0. The van der Waals surface area contributed by atoms with Gasteiger partial charge >= 0.3 is 0 Å². The number of rotatable bonds is 0. The summed E-state index contributed by atoms with van der Waals surface area (Å²) in [7, 11) is -0.543. The zero-order valence-corrected chi connectivity index (χ0v) is 7.60. The van der Waals surface area contributed by atoms with Crippen molar-refractivity contribution in [3.63, 3.8) is 0 Å². The van der Waals surface area contributed by atoms with Crippen LogP contribution in [0.1, 0.15) is 19.3 Å². The molecule has 0 aliphatic carbocycles. The van der Waals surface area contributed by atoms with Gasteiger partial charge in [0, 0.05) is 0 Å². The van der Waals surface area contributed by atoms with Crippen LogP contribution in [0.5, 0.6) is 0 Å². The third-order valence-electron chi connectivity index (χ3n) is 3.26. The standard InChI is InChI=1S/C9H16Si/c1-2-4-7-10(6-3-1)8-5-9-10/h1-2H,3-9H2. The van der Waals surface area contributed by atoms with E-state index in [0.29, 0.717) is 0 Å². The molecule has 0 amide bonds. The lowest BCUT2D eigenvalue weighted by Gasteiger charge is -2.39. The van der Waals surface area contributed by atoms with Gasteiger partial charge < -0.3 is 0 Å². The number of hydrogen-bond donors (Lipinski definition) is 0. The van der Waals surface area contributed by atoms with Crippen molar-refractivity contribution in [2.75, 3.05) is 0 Å². The zero-order valence-electron chi connectivity index (χ0n) is 6.60. The van der Waals surface area contributed by atoms with Gasteiger partial charge in [0.25, 0.3) is 0 Å². The van der Waals surface area contributed by atoms with Crippen LogP contribution in [0.3, 0.4) is 0 Å². The maximum Gasteiger partial charge on any atom is 0.0541 e. The molecule has 0 aromatic heterocycles. The molecule has 1 saturated heterocycles. The second kappa shape index (κ2) is 2.53. The summed E-state index contributed by atoms with van der Waals surface area (Å²) >= 11 is 0. The van der Waals surface area contributed by atoms with E-state index in [1.807, 2.05) is 0 Å². The molecule has 2 rings (SSSR count). The van der Waals surface area contributed by atoms with Crippen LogP contribution in [0.15, 0.2) is 12.2 Å². The van der Waals surface area contributed by atoms with E-state index >= 15 is 0 Å². The van der Waals surface area contributed by atoms with Crippen LogP contribution in [0, 0.1) is 0 Å². The maximum absolute atomic E-state index is 2.40. The Hall–Kier alpha value is -0.0431. The van der Waals surface area contributed by atoms with Gasteiger partial charge in [0.1, 0.15) is 0 Å². The Kier molecular flexibility index (Phi) is 1.69. The molecule has 0 unspecified atom stereocenters. The second-order valence-corrected chi connectivity index (χ2v) is 8.90. The highest BCUT2D eigenvalue weighted by Gasteiger charge is 2.37. The van der Waals surface area contributed by atoms with Crippen molar-refractivity contribution in [3.8, 4) is 0 Å². The second-order valence-electron chi connectivity index (χ2n) is 3.90. The van der Waals surface area contributed by atoms with Gasteiger partial charge in [-0.3, -0.25) is 0 Å². The van der Waals surface area contributed by atoms with E-state index < -0.39 is 8.07 Å². The zero-order chi connectivity index (χ0) is 6.86. The molecule has 2 aliphatic heterocycles. The Balaban J connectivity index is 1.97. The van der Waals surface area contributed by atoms with Crippen LogP contribution in [0.2, 0.25) is 24.2 Å². The van der Waals surface area contributed by atoms with Gasteiger partial charge in [-0.25, -0.2) is 0 Å². The lowest BCUT2D eigenvalue weighted by Crippen LogP contribution is -2.40. The quantitative estimate of drug-likeness (QED) is 0.369. The van der Waals surface area contributed by atoms with Gasteiger partial charge in [0.2, 0.25) is 0 Å². The smallest absolute Gasteiger partial charge is 0.0541 e. The minimum Gasteiger partial charge on any atom is -0.0888 e. The number of allylic oxidation sites excluding steroid dienone is 2. The monoisotopic (exact) mass is 152 g/mol. The Bertz CT molecular complexity index is 133. The normalized spacial score (nSPS) is 29.6. The van der Waals surface area contributed by atoms with Crippen molar-refractivity contribution in [3.05, 3.63) is 12.2 Å². The summed E-state index contributed by atoms with van der Waals surface area (Å²) < 4.78 is 0. The predicted molar refractivity (Wildman–Crippen MR) is 48.0 cm³/mol. The number of hydrogen-bond acceptors (Lipinski definition) is 0. The molecule has 1 fully saturated rings. The molecule has 0 radical (unpaired) electrons. The lowest BCUT2D eigenvalue weighted by molar-refractivity contribution is 0.846. The van der Waals surface area contributed by atoms with E-state index in [-0.39, 0.29) is 0 Å². The summed E-state index contributed by atoms with van der Waals surface area (Å²) in [6.07, 6.45) is 9.19. The topological polar surface area (TPSA) is 0 Å². The fraction of sp³-hybridized carbons (Fsp3) is 0.778. The van der Waals surface area contributed by atoms with Crippen LogP contribution in [-0.4, -0.2) is 8.07 Å². The Morgan fingerprint density at radius 1 is 0.800 bits per heavy atom. The summed E-state index contributed by atoms with van der Waals surface area (Å²) in [5, 5.41) is 0. The van der Waals surface area contributed by atoms with Crippen molar-refractivity contribution < 1.29 is 0 Å². The molecule has 0 N–H and O–H groups in total. The molecule has 0 aromatic rings. The molecule has 1 heteroatoms. The highest BCUT2D eigenvalue weighted by atomic mass is 28.3. The van der Waals surface area contributed by atoms with E-state index in [1.165, 1.54) is 12.8 Å². The Labute approximate surface area is 64.3 Å². The van der Waals surface area contributed by atoms with Crippen molar-refractivity contribution in [2.45, 2.75) is 43.4 Å². The molecule has 56 valence electrons. The van der Waals surface area contributed by atoms with Crippen molar-refractivity contribution in [1.82, 2.24) is 0 Å². The first-order valence-electron chi connectivity index (χ1n) is 4.56. The molecule has 2 heterocycles. The van der Waals surface area contributed by atoms with E-state index in [9.17, 15) is 0 Å². The van der Waals surface area contributed by atoms with Gasteiger partial charge in [-0.2, -0.15) is 0 Å². The minimum atomic E-state index is -0.543. The summed E-state index contributed by atoms with van der Waals surface area (Å²) in [5.74, 6) is 0. The Morgan fingerprint density at radius 2 is 1.40 bits per heavy atom. The third kappa shape index (κ3) is 1.07. The highest BCUT2D eigenvalue weighted by Crippen LogP contribution is 2.42. The maximum atomic E-state index is 2.40. The molecule has 0 bridgehead atoms. The van der Waals surface area contributed by atoms with E-state index in [2.05, 4.69) is 12.2 Å². The van der Waals surface area contributed by atoms with Crippen molar-refractivity contribution in [1.29, 1.82) is 0 Å². The van der Waals surface area contributed by atoms with Crippen LogP contribution in [-0.2, 0) is 0 Å². The minimum absolute atomic E-state index is 0.543. The van der Waals surface area contributed by atoms with Gasteiger partial charge in [0.15, 0.2) is 0 Å². The van der Waals surface area contributed by atoms with Crippen molar-refractivity contribution >= 4 is 8.07 Å². The SMILES string of the molecule is C1=CCC[Si]2(CC1)CCC2. The molecule has 1 spiro atoms. The molecule has 0 nitrogen and oxygen atoms in total. The predicted octanol–water partition coefficient (Wildman–Crippen LogP) is 3.19. The van der Waals surface area contributed by atoms with Gasteiger partial charge in [-0.15, -0.1) is 0 Å². The van der Waals surface area contributed by atoms with E-state index in [0.717, 1.165) is 0 Å². The fourth-order valence-corrected chi connectivity index (χ4v) is 6.48. The molecule has 0 saturated carbocycles. The molecular formula is C9H16Si. The third-order valence-corrected chi connectivity index (χ3v) is 8.79. The molecule has 2 aliphatic rings. The molecule has 0 atom stereocenters. The fourth-order valence-electron chi connectivity index (χ4n) is 2.32. The van der Waals surface area contributed by atoms with Crippen LogP contribution in [0.25, 0.3) is 0 Å². The van der Waals surface area contributed by atoms with Gasteiger partial charge in [-0.05, 0) is 12.8 Å². The molecule has 10 heavy (non-hydrogen) atoms. The molecular weight excluding hydrogens is 136 g/mol. The van der Waals surface area contributed by atoms with Crippen LogP contribution in [0.4, 0.5) is 0 Å². The average Bonchev–Trinajstić information content (AvgIpc) is 2.08. The summed E-state index contributed by atoms with van der Waals surface area (Å²) in [5.41, 5.74) is 0. The van der Waals surface area contributed by atoms with Gasteiger partial charge in [0.05, 0.1) is 8.07 Å². The van der Waals surface area contributed by atoms with E-state index in [4.69, 9.17) is 0 Å². The van der Waals surface area contributed by atoms with Crippen LogP contribution >= 0.6 is 0 Å². The summed E-state index contributed by atoms with van der Waals surface area (Å²) in [6, 6.07) is 6.55. The lowest BCUT2D eigenvalue weighted by atomic mass is 10.4. The summed E-state index contributed by atoms with van der Waals surface area (Å²) in [4.78, 5) is 0. The average molecular weight is 152 g/mol.